The van der Waals surface area contributed by atoms with Crippen molar-refractivity contribution in [3.05, 3.63) is 18.2 Å². The number of benzene rings is 1. The molecule has 21 heavy (non-hydrogen) atoms. The van der Waals surface area contributed by atoms with Crippen LogP contribution < -0.4 is 14.8 Å². The van der Waals surface area contributed by atoms with E-state index >= 15 is 0 Å². The molecular formula is C15H24N2O3S. The Balaban J connectivity index is 2.57. The lowest BCUT2D eigenvalue weighted by Gasteiger charge is -2.15. The van der Waals surface area contributed by atoms with Gasteiger partial charge in [0.05, 0.1) is 19.5 Å². The lowest BCUT2D eigenvalue weighted by Crippen LogP contribution is -2.35. The van der Waals surface area contributed by atoms with Crippen LogP contribution in [-0.4, -0.2) is 57.5 Å². The van der Waals surface area contributed by atoms with E-state index in [1.165, 1.54) is 11.8 Å². The molecule has 0 heterocycles. The van der Waals surface area contributed by atoms with Crippen molar-refractivity contribution in [2.45, 2.75) is 17.1 Å². The van der Waals surface area contributed by atoms with E-state index in [1.54, 1.807) is 14.2 Å². The zero-order valence-corrected chi connectivity index (χ0v) is 14.1. The molecule has 1 amide bonds. The second-order valence-corrected chi connectivity index (χ2v) is 6.29. The SMILES string of the molecule is COc1ccc(SC(C)C(=O)NCCN(C)C)cc1OC. The summed E-state index contributed by atoms with van der Waals surface area (Å²) in [6.07, 6.45) is 0. The lowest BCUT2D eigenvalue weighted by atomic mass is 10.3. The van der Waals surface area contributed by atoms with Crippen LogP contribution in [0.2, 0.25) is 0 Å². The predicted molar refractivity (Wildman–Crippen MR) is 86.4 cm³/mol. The van der Waals surface area contributed by atoms with Crippen LogP contribution in [0.15, 0.2) is 23.1 Å². The fraction of sp³-hybridized carbons (Fsp3) is 0.533. The number of carbonyl (C=O) groups excluding carboxylic acids is 1. The molecular weight excluding hydrogens is 288 g/mol. The molecule has 1 atom stereocenters. The Kier molecular flexibility index (Phi) is 7.39. The quantitative estimate of drug-likeness (QED) is 0.743. The topological polar surface area (TPSA) is 50.8 Å². The molecule has 1 unspecified atom stereocenters. The molecule has 6 heteroatoms. The minimum absolute atomic E-state index is 0.0386. The van der Waals surface area contributed by atoms with Crippen LogP contribution >= 0.6 is 11.8 Å². The van der Waals surface area contributed by atoms with Gasteiger partial charge in [-0.15, -0.1) is 11.8 Å². The van der Waals surface area contributed by atoms with Crippen molar-refractivity contribution >= 4 is 17.7 Å². The molecule has 0 spiro atoms. The van der Waals surface area contributed by atoms with Gasteiger partial charge in [-0.05, 0) is 39.2 Å². The predicted octanol–water partition coefficient (Wildman–Crippen LogP) is 1.86. The highest BCUT2D eigenvalue weighted by atomic mass is 32.2. The first kappa shape index (κ1) is 17.7. The molecule has 0 fully saturated rings. The van der Waals surface area contributed by atoms with Crippen molar-refractivity contribution in [3.8, 4) is 11.5 Å². The van der Waals surface area contributed by atoms with Crippen LogP contribution in [0.4, 0.5) is 0 Å². The molecule has 1 aromatic rings. The van der Waals surface area contributed by atoms with Crippen LogP contribution in [0.1, 0.15) is 6.92 Å². The van der Waals surface area contributed by atoms with Crippen LogP contribution in [-0.2, 0) is 4.79 Å². The maximum atomic E-state index is 12.0. The highest BCUT2D eigenvalue weighted by Gasteiger charge is 2.15. The Labute approximate surface area is 131 Å². The average Bonchev–Trinajstić information content (AvgIpc) is 2.46. The fourth-order valence-corrected chi connectivity index (χ4v) is 2.61. The number of amides is 1. The number of thioether (sulfide) groups is 1. The normalized spacial score (nSPS) is 12.1. The Morgan fingerprint density at radius 2 is 1.95 bits per heavy atom. The zero-order chi connectivity index (χ0) is 15.8. The minimum atomic E-state index is -0.162. The van der Waals surface area contributed by atoms with Crippen molar-refractivity contribution in [1.82, 2.24) is 10.2 Å². The number of ether oxygens (including phenoxy) is 2. The molecule has 0 saturated heterocycles. The maximum absolute atomic E-state index is 12.0. The summed E-state index contributed by atoms with van der Waals surface area (Å²) in [6.45, 7) is 3.38. The zero-order valence-electron chi connectivity index (χ0n) is 13.3. The number of rotatable bonds is 8. The minimum Gasteiger partial charge on any atom is -0.493 e. The van der Waals surface area contributed by atoms with Gasteiger partial charge in [-0.1, -0.05) is 0 Å². The number of hydrogen-bond acceptors (Lipinski definition) is 5. The van der Waals surface area contributed by atoms with E-state index in [4.69, 9.17) is 9.47 Å². The third kappa shape index (κ3) is 5.85. The fourth-order valence-electron chi connectivity index (χ4n) is 1.69. The standard InChI is InChI=1S/C15H24N2O3S/c1-11(15(18)16-8-9-17(2)3)21-12-6-7-13(19-4)14(10-12)20-5/h6-7,10-11H,8-9H2,1-5H3,(H,16,18). The van der Waals surface area contributed by atoms with Crippen molar-refractivity contribution in [2.75, 3.05) is 41.4 Å². The Bertz CT molecular complexity index is 466. The number of nitrogens with zero attached hydrogens (tertiary/aromatic N) is 1. The second kappa shape index (κ2) is 8.79. The smallest absolute Gasteiger partial charge is 0.233 e. The van der Waals surface area contributed by atoms with Gasteiger partial charge in [0.2, 0.25) is 5.91 Å². The Morgan fingerprint density at radius 3 is 2.52 bits per heavy atom. The summed E-state index contributed by atoms with van der Waals surface area (Å²) in [5, 5.41) is 2.77. The molecule has 0 aliphatic carbocycles. The van der Waals surface area contributed by atoms with Gasteiger partial charge in [0, 0.05) is 18.0 Å². The van der Waals surface area contributed by atoms with Crippen LogP contribution in [0.5, 0.6) is 11.5 Å². The summed E-state index contributed by atoms with van der Waals surface area (Å²) >= 11 is 1.50. The van der Waals surface area contributed by atoms with E-state index in [2.05, 4.69) is 5.32 Å². The molecule has 0 aliphatic heterocycles. The van der Waals surface area contributed by atoms with Crippen LogP contribution in [0.3, 0.4) is 0 Å². The van der Waals surface area contributed by atoms with Gasteiger partial charge in [0.25, 0.3) is 0 Å². The van der Waals surface area contributed by atoms with Gasteiger partial charge < -0.3 is 19.7 Å². The van der Waals surface area contributed by atoms with E-state index < -0.39 is 0 Å². The summed E-state index contributed by atoms with van der Waals surface area (Å²) in [7, 11) is 7.16. The monoisotopic (exact) mass is 312 g/mol. The number of methoxy groups -OCH3 is 2. The summed E-state index contributed by atoms with van der Waals surface area (Å²) < 4.78 is 10.5. The summed E-state index contributed by atoms with van der Waals surface area (Å²) in [5.41, 5.74) is 0. The average molecular weight is 312 g/mol. The van der Waals surface area contributed by atoms with Gasteiger partial charge in [-0.2, -0.15) is 0 Å². The van der Waals surface area contributed by atoms with E-state index in [0.717, 1.165) is 11.4 Å². The van der Waals surface area contributed by atoms with E-state index in [1.807, 2.05) is 44.1 Å². The van der Waals surface area contributed by atoms with Crippen molar-refractivity contribution in [1.29, 1.82) is 0 Å². The third-order valence-corrected chi connectivity index (χ3v) is 3.99. The van der Waals surface area contributed by atoms with Gasteiger partial charge in [0.1, 0.15) is 0 Å². The molecule has 118 valence electrons. The molecule has 0 bridgehead atoms. The number of hydrogen-bond donors (Lipinski definition) is 1. The largest absolute Gasteiger partial charge is 0.493 e. The third-order valence-electron chi connectivity index (χ3n) is 2.90. The number of nitrogens with one attached hydrogen (secondary N) is 1. The molecule has 0 radical (unpaired) electrons. The van der Waals surface area contributed by atoms with Crippen LogP contribution in [0.25, 0.3) is 0 Å². The molecule has 0 aliphatic rings. The van der Waals surface area contributed by atoms with Crippen molar-refractivity contribution in [2.24, 2.45) is 0 Å². The molecule has 0 aromatic heterocycles. The lowest BCUT2D eigenvalue weighted by molar-refractivity contribution is -0.120. The number of carbonyl (C=O) groups is 1. The van der Waals surface area contributed by atoms with E-state index in [0.29, 0.717) is 18.0 Å². The summed E-state index contributed by atoms with van der Waals surface area (Å²) in [4.78, 5) is 15.0. The Hall–Kier alpha value is -1.40. The first-order valence-corrected chi connectivity index (χ1v) is 7.67. The maximum Gasteiger partial charge on any atom is 0.233 e. The van der Waals surface area contributed by atoms with E-state index in [-0.39, 0.29) is 11.2 Å². The Morgan fingerprint density at radius 1 is 1.29 bits per heavy atom. The van der Waals surface area contributed by atoms with Crippen molar-refractivity contribution < 1.29 is 14.3 Å². The highest BCUT2D eigenvalue weighted by Crippen LogP contribution is 2.33. The molecule has 1 aromatic carbocycles. The van der Waals surface area contributed by atoms with Gasteiger partial charge >= 0.3 is 0 Å². The first-order chi connectivity index (χ1) is 9.97. The van der Waals surface area contributed by atoms with Crippen molar-refractivity contribution in [3.63, 3.8) is 0 Å². The second-order valence-electron chi connectivity index (χ2n) is 4.87. The number of likely N-dealkylation sites (N-methyl/N-ethyl adjacent to an activating group) is 1. The molecule has 1 rings (SSSR count). The van der Waals surface area contributed by atoms with Crippen LogP contribution in [0, 0.1) is 0 Å². The van der Waals surface area contributed by atoms with Gasteiger partial charge in [-0.25, -0.2) is 0 Å². The molecule has 5 nitrogen and oxygen atoms in total. The summed E-state index contributed by atoms with van der Waals surface area (Å²) in [5.74, 6) is 1.39. The molecule has 1 N–H and O–H groups in total. The first-order valence-electron chi connectivity index (χ1n) is 6.79. The summed E-state index contributed by atoms with van der Waals surface area (Å²) in [6, 6.07) is 5.65. The molecule has 0 saturated carbocycles. The highest BCUT2D eigenvalue weighted by molar-refractivity contribution is 8.00. The van der Waals surface area contributed by atoms with Gasteiger partial charge in [0.15, 0.2) is 11.5 Å². The van der Waals surface area contributed by atoms with Gasteiger partial charge in [-0.3, -0.25) is 4.79 Å². The van der Waals surface area contributed by atoms with E-state index in [9.17, 15) is 4.79 Å².